The van der Waals surface area contributed by atoms with Crippen LogP contribution in [0.4, 0.5) is 0 Å². The standard InChI is InChI=1S/C24H30N4O2S/c1-5-20(27(3)4)22-25-26-24(28(22)17-18-13-9-7-10-14-18)31-21(23(29)30-6-2)19-15-11-8-12-16-19/h7-16,20-21H,5-6,17H2,1-4H3/t20-,21+/m0/s1. The average Bonchev–Trinajstić information content (AvgIpc) is 3.15. The van der Waals surface area contributed by atoms with Crippen LogP contribution < -0.4 is 0 Å². The molecule has 0 fully saturated rings. The fourth-order valence-corrected chi connectivity index (χ4v) is 4.57. The lowest BCUT2D eigenvalue weighted by molar-refractivity contribution is -0.142. The van der Waals surface area contributed by atoms with Crippen LogP contribution in [-0.2, 0) is 16.1 Å². The minimum absolute atomic E-state index is 0.128. The monoisotopic (exact) mass is 438 g/mol. The first kappa shape index (κ1) is 23.0. The molecule has 2 atom stereocenters. The van der Waals surface area contributed by atoms with Gasteiger partial charge in [0.2, 0.25) is 0 Å². The SMILES string of the molecule is CCOC(=O)[C@H](Sc1nnc([C@H](CC)N(C)C)n1Cc1ccccc1)c1ccccc1. The van der Waals surface area contributed by atoms with Crippen molar-refractivity contribution in [2.75, 3.05) is 20.7 Å². The van der Waals surface area contributed by atoms with Crippen LogP contribution in [0, 0.1) is 0 Å². The summed E-state index contributed by atoms with van der Waals surface area (Å²) in [7, 11) is 4.10. The van der Waals surface area contributed by atoms with E-state index in [0.717, 1.165) is 23.4 Å². The largest absolute Gasteiger partial charge is 0.465 e. The molecule has 0 unspecified atom stereocenters. The molecule has 0 bridgehead atoms. The Bertz CT molecular complexity index is 960. The Labute approximate surface area is 188 Å². The molecule has 0 N–H and O–H groups in total. The number of aromatic nitrogens is 3. The molecule has 1 aromatic heterocycles. The summed E-state index contributed by atoms with van der Waals surface area (Å²) in [6, 6.07) is 20.1. The number of hydrogen-bond acceptors (Lipinski definition) is 6. The Balaban J connectivity index is 2.02. The van der Waals surface area contributed by atoms with Crippen molar-refractivity contribution in [1.29, 1.82) is 0 Å². The van der Waals surface area contributed by atoms with Crippen LogP contribution >= 0.6 is 11.8 Å². The molecule has 7 heteroatoms. The van der Waals surface area contributed by atoms with Gasteiger partial charge in [0.05, 0.1) is 19.2 Å². The Kier molecular flexibility index (Phi) is 8.26. The van der Waals surface area contributed by atoms with E-state index < -0.39 is 5.25 Å². The maximum Gasteiger partial charge on any atom is 0.324 e. The van der Waals surface area contributed by atoms with E-state index in [1.54, 1.807) is 0 Å². The molecule has 2 aromatic carbocycles. The van der Waals surface area contributed by atoms with Gasteiger partial charge in [-0.15, -0.1) is 10.2 Å². The molecular formula is C24H30N4O2S. The number of thioether (sulfide) groups is 1. The van der Waals surface area contributed by atoms with Crippen LogP contribution in [0.25, 0.3) is 0 Å². The van der Waals surface area contributed by atoms with Crippen LogP contribution in [0.2, 0.25) is 0 Å². The van der Waals surface area contributed by atoms with Crippen LogP contribution in [0.3, 0.4) is 0 Å². The van der Waals surface area contributed by atoms with E-state index in [4.69, 9.17) is 4.74 Å². The Hall–Kier alpha value is -2.64. The molecule has 3 aromatic rings. The highest BCUT2D eigenvalue weighted by Gasteiger charge is 2.28. The molecule has 3 rings (SSSR count). The Morgan fingerprint density at radius 3 is 2.26 bits per heavy atom. The molecule has 164 valence electrons. The van der Waals surface area contributed by atoms with Crippen LogP contribution in [-0.4, -0.2) is 46.3 Å². The highest BCUT2D eigenvalue weighted by Crippen LogP contribution is 2.37. The van der Waals surface area contributed by atoms with E-state index in [-0.39, 0.29) is 12.0 Å². The van der Waals surface area contributed by atoms with Gasteiger partial charge in [0, 0.05) is 0 Å². The van der Waals surface area contributed by atoms with Gasteiger partial charge >= 0.3 is 5.97 Å². The summed E-state index contributed by atoms with van der Waals surface area (Å²) < 4.78 is 7.51. The van der Waals surface area contributed by atoms with Crippen molar-refractivity contribution in [2.24, 2.45) is 0 Å². The van der Waals surface area contributed by atoms with Crippen molar-refractivity contribution in [3.8, 4) is 0 Å². The average molecular weight is 439 g/mol. The van der Waals surface area contributed by atoms with E-state index in [9.17, 15) is 4.79 Å². The van der Waals surface area contributed by atoms with Crippen molar-refractivity contribution in [3.63, 3.8) is 0 Å². The minimum atomic E-state index is -0.507. The predicted octanol–water partition coefficient (Wildman–Crippen LogP) is 4.74. The third-order valence-corrected chi connectivity index (χ3v) is 6.28. The van der Waals surface area contributed by atoms with E-state index in [0.29, 0.717) is 18.3 Å². The summed E-state index contributed by atoms with van der Waals surface area (Å²) in [6.45, 7) is 4.94. The lowest BCUT2D eigenvalue weighted by Gasteiger charge is -2.23. The zero-order valence-corrected chi connectivity index (χ0v) is 19.4. The second-order valence-electron chi connectivity index (χ2n) is 7.46. The molecule has 0 aliphatic rings. The first-order chi connectivity index (χ1) is 15.0. The summed E-state index contributed by atoms with van der Waals surface area (Å²) in [5.74, 6) is 0.628. The van der Waals surface area contributed by atoms with Gasteiger partial charge in [-0.25, -0.2) is 0 Å². The predicted molar refractivity (Wildman–Crippen MR) is 124 cm³/mol. The van der Waals surface area contributed by atoms with Gasteiger partial charge in [-0.05, 0) is 38.6 Å². The fourth-order valence-electron chi connectivity index (χ4n) is 3.53. The van der Waals surface area contributed by atoms with Gasteiger partial charge in [0.15, 0.2) is 11.0 Å². The van der Waals surface area contributed by atoms with Crippen LogP contribution in [0.15, 0.2) is 65.8 Å². The van der Waals surface area contributed by atoms with Gasteiger partial charge < -0.3 is 9.30 Å². The molecule has 0 spiro atoms. The zero-order chi connectivity index (χ0) is 22.2. The second-order valence-corrected chi connectivity index (χ2v) is 8.53. The van der Waals surface area contributed by atoms with Crippen molar-refractivity contribution >= 4 is 17.7 Å². The van der Waals surface area contributed by atoms with Crippen LogP contribution in [0.1, 0.15) is 48.5 Å². The molecule has 0 aliphatic heterocycles. The molecular weight excluding hydrogens is 408 g/mol. The van der Waals surface area contributed by atoms with Crippen molar-refractivity contribution in [2.45, 2.75) is 43.3 Å². The first-order valence-electron chi connectivity index (χ1n) is 10.6. The summed E-state index contributed by atoms with van der Waals surface area (Å²) in [5.41, 5.74) is 2.05. The smallest absolute Gasteiger partial charge is 0.324 e. The van der Waals surface area contributed by atoms with Crippen molar-refractivity contribution < 1.29 is 9.53 Å². The zero-order valence-electron chi connectivity index (χ0n) is 18.6. The van der Waals surface area contributed by atoms with E-state index >= 15 is 0 Å². The lowest BCUT2D eigenvalue weighted by Crippen LogP contribution is -2.23. The molecule has 0 amide bonds. The Morgan fingerprint density at radius 2 is 1.68 bits per heavy atom. The minimum Gasteiger partial charge on any atom is -0.465 e. The van der Waals surface area contributed by atoms with Crippen molar-refractivity contribution in [3.05, 3.63) is 77.6 Å². The normalized spacial score (nSPS) is 13.2. The highest BCUT2D eigenvalue weighted by atomic mass is 32.2. The van der Waals surface area contributed by atoms with Gasteiger partial charge in [0.1, 0.15) is 5.25 Å². The number of hydrogen-bond donors (Lipinski definition) is 0. The van der Waals surface area contributed by atoms with Crippen molar-refractivity contribution in [1.82, 2.24) is 19.7 Å². The topological polar surface area (TPSA) is 60.2 Å². The maximum atomic E-state index is 12.8. The van der Waals surface area contributed by atoms with Crippen LogP contribution in [0.5, 0.6) is 0 Å². The second kappa shape index (κ2) is 11.1. The summed E-state index contributed by atoms with van der Waals surface area (Å²) in [6.07, 6.45) is 0.907. The number of ether oxygens (including phenoxy) is 1. The quantitative estimate of drug-likeness (QED) is 0.337. The third kappa shape index (κ3) is 5.74. The van der Waals surface area contributed by atoms with E-state index in [1.807, 2.05) is 69.6 Å². The molecule has 31 heavy (non-hydrogen) atoms. The van der Waals surface area contributed by atoms with Gasteiger partial charge in [-0.3, -0.25) is 9.69 Å². The molecule has 0 aliphatic carbocycles. The van der Waals surface area contributed by atoms with Gasteiger partial charge in [-0.1, -0.05) is 79.3 Å². The highest BCUT2D eigenvalue weighted by molar-refractivity contribution is 8.00. The van der Waals surface area contributed by atoms with Gasteiger partial charge in [-0.2, -0.15) is 0 Å². The number of esters is 1. The summed E-state index contributed by atoms with van der Waals surface area (Å²) in [5, 5.41) is 9.27. The Morgan fingerprint density at radius 1 is 1.03 bits per heavy atom. The number of rotatable bonds is 10. The van der Waals surface area contributed by atoms with Gasteiger partial charge in [0.25, 0.3) is 0 Å². The lowest BCUT2D eigenvalue weighted by atomic mass is 10.1. The number of nitrogens with zero attached hydrogens (tertiary/aromatic N) is 4. The van der Waals surface area contributed by atoms with E-state index in [2.05, 4.69) is 38.7 Å². The molecule has 1 heterocycles. The number of carbonyl (C=O) groups is 1. The number of benzene rings is 2. The molecule has 0 saturated heterocycles. The number of carbonyl (C=O) groups excluding carboxylic acids is 1. The van der Waals surface area contributed by atoms with E-state index in [1.165, 1.54) is 11.8 Å². The first-order valence-corrected chi connectivity index (χ1v) is 11.4. The molecule has 0 saturated carbocycles. The fraction of sp³-hybridized carbons (Fsp3) is 0.375. The maximum absolute atomic E-state index is 12.8. The molecule has 0 radical (unpaired) electrons. The summed E-state index contributed by atoms with van der Waals surface area (Å²) >= 11 is 1.39. The molecule has 6 nitrogen and oxygen atoms in total. The third-order valence-electron chi connectivity index (χ3n) is 5.06. The summed E-state index contributed by atoms with van der Waals surface area (Å²) in [4.78, 5) is 15.0.